The predicted molar refractivity (Wildman–Crippen MR) is 115 cm³/mol. The van der Waals surface area contributed by atoms with Crippen molar-refractivity contribution in [3.05, 3.63) is 57.7 Å². The van der Waals surface area contributed by atoms with Crippen LogP contribution in [0.25, 0.3) is 0 Å². The molecule has 2 aromatic heterocycles. The first-order chi connectivity index (χ1) is 13.8. The Kier molecular flexibility index (Phi) is 6.29. The van der Waals surface area contributed by atoms with E-state index in [1.165, 1.54) is 16.2 Å². The number of hydrogen-bond donors (Lipinski definition) is 1. The quantitative estimate of drug-likeness (QED) is 0.641. The van der Waals surface area contributed by atoms with Gasteiger partial charge in [0, 0.05) is 27.5 Å². The van der Waals surface area contributed by atoms with Crippen molar-refractivity contribution in [3.63, 3.8) is 0 Å². The number of hydrogen-bond acceptors (Lipinski definition) is 7. The summed E-state index contributed by atoms with van der Waals surface area (Å²) in [5.74, 6) is -0.105. The fourth-order valence-corrected chi connectivity index (χ4v) is 4.03. The lowest BCUT2D eigenvalue weighted by atomic mass is 10.1. The van der Waals surface area contributed by atoms with E-state index in [0.717, 1.165) is 16.4 Å². The summed E-state index contributed by atoms with van der Waals surface area (Å²) in [7, 11) is 1.55. The summed E-state index contributed by atoms with van der Waals surface area (Å²) in [5.41, 5.74) is 0.255. The Bertz CT molecular complexity index is 966. The third-order valence-corrected chi connectivity index (χ3v) is 5.38. The molecule has 0 bridgehead atoms. The maximum atomic E-state index is 13.4. The van der Waals surface area contributed by atoms with Crippen LogP contribution < -0.4 is 15.0 Å². The summed E-state index contributed by atoms with van der Waals surface area (Å²) in [6.45, 7) is 5.70. The van der Waals surface area contributed by atoms with Crippen LogP contribution in [0.2, 0.25) is 0 Å². The molecule has 2 amide bonds. The first-order valence-corrected chi connectivity index (χ1v) is 10.6. The molecule has 0 fully saturated rings. The second kappa shape index (κ2) is 8.71. The predicted octanol–water partition coefficient (Wildman–Crippen LogP) is 3.91. The second-order valence-corrected chi connectivity index (χ2v) is 8.91. The topological polar surface area (TPSA) is 84.4 Å². The molecule has 0 spiro atoms. The van der Waals surface area contributed by atoms with Gasteiger partial charge >= 0.3 is 0 Å². The highest BCUT2D eigenvalue weighted by atomic mass is 32.1. The molecule has 1 aromatic carbocycles. The van der Waals surface area contributed by atoms with Crippen molar-refractivity contribution in [2.75, 3.05) is 12.0 Å². The molecular formula is C20H22N4O3S2. The van der Waals surface area contributed by atoms with Crippen LogP contribution >= 0.6 is 22.9 Å². The summed E-state index contributed by atoms with van der Waals surface area (Å²) in [5, 5.41) is 10.4. The molecule has 0 aliphatic heterocycles. The zero-order valence-corrected chi connectivity index (χ0v) is 18.2. The van der Waals surface area contributed by atoms with Crippen LogP contribution in [0.1, 0.15) is 42.2 Å². The lowest BCUT2D eigenvalue weighted by Crippen LogP contribution is -2.49. The Morgan fingerprint density at radius 1 is 1.21 bits per heavy atom. The van der Waals surface area contributed by atoms with Gasteiger partial charge in [0.05, 0.1) is 7.11 Å². The molecule has 0 radical (unpaired) electrons. The van der Waals surface area contributed by atoms with Gasteiger partial charge in [0.25, 0.3) is 5.91 Å². The van der Waals surface area contributed by atoms with E-state index in [1.807, 2.05) is 38.3 Å². The molecule has 0 aliphatic rings. The third kappa shape index (κ3) is 4.99. The minimum absolute atomic E-state index is 0.183. The number of ether oxygens (including phenoxy) is 1. The van der Waals surface area contributed by atoms with Crippen molar-refractivity contribution in [1.29, 1.82) is 0 Å². The Balaban J connectivity index is 2.14. The normalized spacial score (nSPS) is 12.3. The number of aromatic nitrogens is 2. The highest BCUT2D eigenvalue weighted by molar-refractivity contribution is 7.10. The number of carbonyl (C=O) groups is 2. The molecule has 0 aliphatic carbocycles. The lowest BCUT2D eigenvalue weighted by Gasteiger charge is -2.32. The fourth-order valence-electron chi connectivity index (χ4n) is 2.78. The van der Waals surface area contributed by atoms with Crippen molar-refractivity contribution in [2.24, 2.45) is 0 Å². The van der Waals surface area contributed by atoms with Gasteiger partial charge in [-0.2, -0.15) is 0 Å². The van der Waals surface area contributed by atoms with E-state index in [9.17, 15) is 9.59 Å². The summed E-state index contributed by atoms with van der Waals surface area (Å²) < 4.78 is 9.13. The van der Waals surface area contributed by atoms with E-state index in [2.05, 4.69) is 14.9 Å². The van der Waals surface area contributed by atoms with Crippen molar-refractivity contribution >= 4 is 40.4 Å². The molecule has 7 nitrogen and oxygen atoms in total. The van der Waals surface area contributed by atoms with E-state index < -0.39 is 17.5 Å². The van der Waals surface area contributed by atoms with Gasteiger partial charge in [-0.05, 0) is 55.9 Å². The molecule has 152 valence electrons. The van der Waals surface area contributed by atoms with Gasteiger partial charge in [-0.25, -0.2) is 0 Å². The van der Waals surface area contributed by atoms with Crippen LogP contribution in [0.3, 0.4) is 0 Å². The number of nitrogens with zero attached hydrogens (tertiary/aromatic N) is 3. The van der Waals surface area contributed by atoms with Gasteiger partial charge in [0.15, 0.2) is 11.7 Å². The molecule has 0 saturated carbocycles. The Labute approximate surface area is 177 Å². The van der Waals surface area contributed by atoms with E-state index in [4.69, 9.17) is 4.74 Å². The molecule has 0 unspecified atom stereocenters. The summed E-state index contributed by atoms with van der Waals surface area (Å²) in [6, 6.07) is 9.89. The fraction of sp³-hybridized carbons (Fsp3) is 0.300. The average Bonchev–Trinajstić information content (AvgIpc) is 3.37. The highest BCUT2D eigenvalue weighted by Gasteiger charge is 2.36. The largest absolute Gasteiger partial charge is 0.497 e. The molecule has 1 N–H and O–H groups in total. The molecule has 2 heterocycles. The molecule has 1 atom stereocenters. The van der Waals surface area contributed by atoms with Gasteiger partial charge < -0.3 is 10.1 Å². The Hall–Kier alpha value is -2.78. The van der Waals surface area contributed by atoms with E-state index in [1.54, 1.807) is 36.8 Å². The lowest BCUT2D eigenvalue weighted by molar-refractivity contribution is -0.123. The Morgan fingerprint density at radius 2 is 2.00 bits per heavy atom. The number of methoxy groups -OCH3 is 1. The first kappa shape index (κ1) is 20.9. The maximum Gasteiger partial charge on any atom is 0.280 e. The SMILES string of the molecule is COc1cccc(N(C(=O)c2csnn2)[C@H](C(=O)NC(C)(C)C)c2cccs2)c1. The van der Waals surface area contributed by atoms with E-state index in [0.29, 0.717) is 11.4 Å². The van der Waals surface area contributed by atoms with Crippen LogP contribution in [0.4, 0.5) is 5.69 Å². The number of thiophene rings is 1. The van der Waals surface area contributed by atoms with Crippen LogP contribution in [0.15, 0.2) is 47.2 Å². The van der Waals surface area contributed by atoms with Gasteiger partial charge in [0.1, 0.15) is 5.75 Å². The van der Waals surface area contributed by atoms with E-state index in [-0.39, 0.29) is 11.6 Å². The minimum Gasteiger partial charge on any atom is -0.497 e. The van der Waals surface area contributed by atoms with Crippen molar-refractivity contribution < 1.29 is 14.3 Å². The first-order valence-electron chi connectivity index (χ1n) is 8.90. The van der Waals surface area contributed by atoms with E-state index >= 15 is 0 Å². The molecule has 3 aromatic rings. The molecule has 29 heavy (non-hydrogen) atoms. The molecule has 0 saturated heterocycles. The zero-order valence-electron chi connectivity index (χ0n) is 16.6. The number of amides is 2. The second-order valence-electron chi connectivity index (χ2n) is 7.32. The number of carbonyl (C=O) groups excluding carboxylic acids is 2. The minimum atomic E-state index is -0.865. The zero-order chi connectivity index (χ0) is 21.0. The number of anilines is 1. The average molecular weight is 431 g/mol. The molecule has 3 rings (SSSR count). The van der Waals surface area contributed by atoms with Crippen LogP contribution in [-0.4, -0.2) is 34.1 Å². The molecular weight excluding hydrogens is 408 g/mol. The molecule has 9 heteroatoms. The smallest absolute Gasteiger partial charge is 0.280 e. The maximum absolute atomic E-state index is 13.4. The summed E-state index contributed by atoms with van der Waals surface area (Å²) in [4.78, 5) is 29.0. The van der Waals surface area contributed by atoms with Gasteiger partial charge in [-0.1, -0.05) is 16.6 Å². The standard InChI is InChI=1S/C20H22N4O3S2/c1-20(2,3)21-18(25)17(16-9-6-10-28-16)24(19(26)15-12-29-23-22-15)13-7-5-8-14(11-13)27-4/h5-12,17H,1-4H3,(H,21,25)/t17-/m0/s1. The third-order valence-electron chi connectivity index (χ3n) is 3.95. The van der Waals surface area contributed by atoms with Crippen LogP contribution in [0, 0.1) is 0 Å². The van der Waals surface area contributed by atoms with Crippen molar-refractivity contribution in [1.82, 2.24) is 14.9 Å². The monoisotopic (exact) mass is 430 g/mol. The Morgan fingerprint density at radius 3 is 2.59 bits per heavy atom. The highest BCUT2D eigenvalue weighted by Crippen LogP contribution is 2.34. The van der Waals surface area contributed by atoms with Crippen LogP contribution in [0.5, 0.6) is 5.75 Å². The number of nitrogens with one attached hydrogen (secondary N) is 1. The van der Waals surface area contributed by atoms with Gasteiger partial charge in [-0.15, -0.1) is 16.4 Å². The van der Waals surface area contributed by atoms with Gasteiger partial charge in [-0.3, -0.25) is 14.5 Å². The van der Waals surface area contributed by atoms with Crippen LogP contribution in [-0.2, 0) is 4.79 Å². The summed E-state index contributed by atoms with van der Waals surface area (Å²) >= 11 is 2.50. The van der Waals surface area contributed by atoms with Crippen molar-refractivity contribution in [3.8, 4) is 5.75 Å². The summed E-state index contributed by atoms with van der Waals surface area (Å²) in [6.07, 6.45) is 0. The van der Waals surface area contributed by atoms with Crippen molar-refractivity contribution in [2.45, 2.75) is 32.4 Å². The number of rotatable bonds is 6. The number of benzene rings is 1. The van der Waals surface area contributed by atoms with Gasteiger partial charge in [0.2, 0.25) is 5.91 Å².